The van der Waals surface area contributed by atoms with Gasteiger partial charge < -0.3 is 5.32 Å². The number of nitrogens with zero attached hydrogens (tertiary/aromatic N) is 1. The van der Waals surface area contributed by atoms with Gasteiger partial charge in [0.2, 0.25) is 5.91 Å². The van der Waals surface area contributed by atoms with Crippen molar-refractivity contribution in [3.8, 4) is 11.1 Å². The summed E-state index contributed by atoms with van der Waals surface area (Å²) < 4.78 is 14.1. The van der Waals surface area contributed by atoms with E-state index in [4.69, 9.17) is 11.6 Å². The van der Waals surface area contributed by atoms with E-state index < -0.39 is 5.41 Å². The molecule has 3 rings (SSSR count). The van der Waals surface area contributed by atoms with Crippen molar-refractivity contribution in [2.24, 2.45) is 5.41 Å². The van der Waals surface area contributed by atoms with Crippen molar-refractivity contribution in [2.75, 3.05) is 19.6 Å². The minimum absolute atomic E-state index is 0.0746. The van der Waals surface area contributed by atoms with Gasteiger partial charge in [0.1, 0.15) is 5.82 Å². The highest BCUT2D eigenvalue weighted by atomic mass is 35.5. The van der Waals surface area contributed by atoms with Crippen LogP contribution in [0.3, 0.4) is 0 Å². The highest BCUT2D eigenvalue weighted by molar-refractivity contribution is 6.30. The van der Waals surface area contributed by atoms with Crippen molar-refractivity contribution in [2.45, 2.75) is 25.8 Å². The fraction of sp³-hybridized carbons (Fsp3) is 0.320. The summed E-state index contributed by atoms with van der Waals surface area (Å²) in [4.78, 5) is 14.9. The van der Waals surface area contributed by atoms with Crippen molar-refractivity contribution in [1.82, 2.24) is 10.2 Å². The summed E-state index contributed by atoms with van der Waals surface area (Å²) in [5, 5.41) is 3.66. The molecule has 1 N–H and O–H groups in total. The molecule has 1 aliphatic heterocycles. The van der Waals surface area contributed by atoms with Crippen LogP contribution in [0.5, 0.6) is 0 Å². The van der Waals surface area contributed by atoms with Gasteiger partial charge in [-0.3, -0.25) is 9.69 Å². The van der Waals surface area contributed by atoms with E-state index in [1.54, 1.807) is 12.1 Å². The lowest BCUT2D eigenvalue weighted by Crippen LogP contribution is -2.41. The van der Waals surface area contributed by atoms with Gasteiger partial charge in [-0.2, -0.15) is 0 Å². The average Bonchev–Trinajstić information content (AvgIpc) is 2.98. The zero-order chi connectivity index (χ0) is 21.7. The number of carbonyl (C=O) groups is 1. The minimum Gasteiger partial charge on any atom is -0.352 e. The van der Waals surface area contributed by atoms with E-state index in [1.807, 2.05) is 43.3 Å². The predicted octanol–water partition coefficient (Wildman–Crippen LogP) is 5.26. The lowest BCUT2D eigenvalue weighted by molar-refractivity contribution is -0.127. The highest BCUT2D eigenvalue weighted by Gasteiger charge is 2.43. The Morgan fingerprint density at radius 2 is 1.87 bits per heavy atom. The van der Waals surface area contributed by atoms with E-state index in [9.17, 15) is 9.18 Å². The van der Waals surface area contributed by atoms with E-state index in [1.165, 1.54) is 6.07 Å². The lowest BCUT2D eigenvalue weighted by atomic mass is 9.85. The van der Waals surface area contributed by atoms with Crippen LogP contribution in [0.15, 0.2) is 67.8 Å². The van der Waals surface area contributed by atoms with Crippen molar-refractivity contribution < 1.29 is 9.18 Å². The zero-order valence-corrected chi connectivity index (χ0v) is 18.1. The first-order valence-corrected chi connectivity index (χ1v) is 10.5. The molecule has 2 aromatic carbocycles. The Balaban J connectivity index is 1.67. The molecule has 1 heterocycles. The quantitative estimate of drug-likeness (QED) is 0.555. The van der Waals surface area contributed by atoms with Gasteiger partial charge in [-0.05, 0) is 49.1 Å². The molecule has 3 nitrogen and oxygen atoms in total. The Kier molecular flexibility index (Phi) is 7.11. The molecule has 30 heavy (non-hydrogen) atoms. The molecule has 0 radical (unpaired) electrons. The summed E-state index contributed by atoms with van der Waals surface area (Å²) in [6.07, 6.45) is 5.20. The van der Waals surface area contributed by atoms with Gasteiger partial charge in [-0.1, -0.05) is 48.0 Å². The molecule has 0 bridgehead atoms. The first-order valence-electron chi connectivity index (χ1n) is 10.1. The number of halogens is 2. The molecule has 2 unspecified atom stereocenters. The van der Waals surface area contributed by atoms with Crippen molar-refractivity contribution in [1.29, 1.82) is 0 Å². The van der Waals surface area contributed by atoms with Gasteiger partial charge in [0.05, 0.1) is 5.41 Å². The number of hydrogen-bond donors (Lipinski definition) is 1. The molecule has 1 saturated heterocycles. The number of amides is 1. The van der Waals surface area contributed by atoms with Crippen LogP contribution in [0.1, 0.15) is 18.9 Å². The molecular formula is C25H28ClFN2O. The molecule has 2 aromatic rings. The molecule has 0 saturated carbocycles. The van der Waals surface area contributed by atoms with Gasteiger partial charge >= 0.3 is 0 Å². The normalized spacial score (nSPS) is 20.9. The minimum atomic E-state index is -0.444. The third kappa shape index (κ3) is 5.18. The van der Waals surface area contributed by atoms with E-state index in [-0.39, 0.29) is 17.8 Å². The van der Waals surface area contributed by atoms with Gasteiger partial charge in [0.15, 0.2) is 0 Å². The Morgan fingerprint density at radius 1 is 1.20 bits per heavy atom. The molecule has 1 amide bonds. The SMILES string of the molecule is C=CCN(CC=C)CC1(C)CC(Cc2ccc(-c3cc(Cl)ccc3F)cc2)NC1=O. The number of rotatable bonds is 9. The summed E-state index contributed by atoms with van der Waals surface area (Å²) in [5.74, 6) is -0.210. The van der Waals surface area contributed by atoms with Gasteiger partial charge in [-0.25, -0.2) is 4.39 Å². The second-order valence-corrected chi connectivity index (χ2v) is 8.67. The summed E-state index contributed by atoms with van der Waals surface area (Å²) in [5.41, 5.74) is 1.93. The Bertz CT molecular complexity index is 917. The second kappa shape index (κ2) is 9.59. The van der Waals surface area contributed by atoms with Gasteiger partial charge in [0, 0.05) is 36.3 Å². The molecule has 0 aromatic heterocycles. The maximum atomic E-state index is 14.1. The van der Waals surface area contributed by atoms with Crippen LogP contribution < -0.4 is 5.32 Å². The van der Waals surface area contributed by atoms with Crippen LogP contribution in [-0.2, 0) is 11.2 Å². The maximum Gasteiger partial charge on any atom is 0.227 e. The third-order valence-electron chi connectivity index (χ3n) is 5.60. The van der Waals surface area contributed by atoms with Crippen molar-refractivity contribution >= 4 is 17.5 Å². The summed E-state index contributed by atoms with van der Waals surface area (Å²) in [7, 11) is 0. The largest absolute Gasteiger partial charge is 0.352 e. The molecular weight excluding hydrogens is 399 g/mol. The van der Waals surface area contributed by atoms with Gasteiger partial charge in [-0.15, -0.1) is 13.2 Å². The number of hydrogen-bond acceptors (Lipinski definition) is 2. The average molecular weight is 427 g/mol. The molecule has 1 aliphatic rings. The summed E-state index contributed by atoms with van der Waals surface area (Å²) in [6.45, 7) is 11.7. The number of nitrogens with one attached hydrogen (secondary N) is 1. The lowest BCUT2D eigenvalue weighted by Gasteiger charge is -2.29. The van der Waals surface area contributed by atoms with E-state index in [0.717, 1.165) is 37.1 Å². The van der Waals surface area contributed by atoms with E-state index >= 15 is 0 Å². The zero-order valence-electron chi connectivity index (χ0n) is 17.3. The Labute approximate surface area is 183 Å². The fourth-order valence-electron chi connectivity index (χ4n) is 4.19. The van der Waals surface area contributed by atoms with Crippen LogP contribution in [0, 0.1) is 11.2 Å². The highest BCUT2D eigenvalue weighted by Crippen LogP contribution is 2.33. The first-order chi connectivity index (χ1) is 14.3. The molecule has 158 valence electrons. The van der Waals surface area contributed by atoms with Crippen LogP contribution in [-0.4, -0.2) is 36.5 Å². The molecule has 2 atom stereocenters. The molecule has 1 fully saturated rings. The smallest absolute Gasteiger partial charge is 0.227 e. The summed E-state index contributed by atoms with van der Waals surface area (Å²) in [6, 6.07) is 12.4. The molecule has 0 aliphatic carbocycles. The van der Waals surface area contributed by atoms with Gasteiger partial charge in [0.25, 0.3) is 0 Å². The first kappa shape index (κ1) is 22.3. The molecule has 0 spiro atoms. The number of carbonyl (C=O) groups excluding carboxylic acids is 1. The number of benzene rings is 2. The third-order valence-corrected chi connectivity index (χ3v) is 5.84. The topological polar surface area (TPSA) is 32.3 Å². The van der Waals surface area contributed by atoms with Crippen molar-refractivity contribution in [3.63, 3.8) is 0 Å². The Hall–Kier alpha value is -2.43. The van der Waals surface area contributed by atoms with Crippen molar-refractivity contribution in [3.05, 3.63) is 84.2 Å². The monoisotopic (exact) mass is 426 g/mol. The fourth-order valence-corrected chi connectivity index (χ4v) is 4.36. The Morgan fingerprint density at radius 3 is 2.50 bits per heavy atom. The predicted molar refractivity (Wildman–Crippen MR) is 122 cm³/mol. The standard InChI is InChI=1S/C25H28ClFN2O/c1-4-12-29(13-5-2)17-25(3)16-21(28-24(25)30)14-18-6-8-19(9-7-18)22-15-20(26)10-11-23(22)27/h4-11,15,21H,1-2,12-14,16-17H2,3H3,(H,28,30). The summed E-state index contributed by atoms with van der Waals surface area (Å²) >= 11 is 6.01. The van der Waals surface area contributed by atoms with Crippen LogP contribution in [0.4, 0.5) is 4.39 Å². The molecule has 5 heteroatoms. The maximum absolute atomic E-state index is 14.1. The van der Waals surface area contributed by atoms with Crippen LogP contribution in [0.25, 0.3) is 11.1 Å². The second-order valence-electron chi connectivity index (χ2n) is 8.23. The van der Waals surface area contributed by atoms with Crippen LogP contribution in [0.2, 0.25) is 5.02 Å². The van der Waals surface area contributed by atoms with E-state index in [2.05, 4.69) is 23.4 Å². The van der Waals surface area contributed by atoms with E-state index in [0.29, 0.717) is 17.1 Å². The van der Waals surface area contributed by atoms with Crippen LogP contribution >= 0.6 is 11.6 Å².